The molecule has 1 aromatic heterocycles. The average molecular weight is 575 g/mol. The minimum Gasteiger partial charge on any atom is -0.505 e. The highest BCUT2D eigenvalue weighted by molar-refractivity contribution is 5.98. The Morgan fingerprint density at radius 3 is 2.12 bits per heavy atom. The van der Waals surface area contributed by atoms with Gasteiger partial charge < -0.3 is 30.9 Å². The summed E-state index contributed by atoms with van der Waals surface area (Å²) in [6.07, 6.45) is -0.986. The Morgan fingerprint density at radius 1 is 0.881 bits per heavy atom. The first-order valence-corrected chi connectivity index (χ1v) is 13.7. The lowest BCUT2D eigenvalue weighted by atomic mass is 9.91. The van der Waals surface area contributed by atoms with E-state index in [1.807, 2.05) is 36.4 Å². The minimum absolute atomic E-state index is 0.0966. The molecular formula is C31H34N4O7. The Balaban J connectivity index is 1.69. The summed E-state index contributed by atoms with van der Waals surface area (Å²) < 4.78 is 5.65. The van der Waals surface area contributed by atoms with Crippen LogP contribution in [0.5, 0.6) is 5.75 Å². The molecule has 0 radical (unpaired) electrons. The lowest BCUT2D eigenvalue weighted by Crippen LogP contribution is -2.60. The van der Waals surface area contributed by atoms with E-state index in [1.54, 1.807) is 24.3 Å². The van der Waals surface area contributed by atoms with Crippen LogP contribution < -0.4 is 16.0 Å². The molecule has 3 aromatic rings. The van der Waals surface area contributed by atoms with Gasteiger partial charge in [0.15, 0.2) is 5.69 Å². The summed E-state index contributed by atoms with van der Waals surface area (Å²) in [5, 5.41) is 29.4. The van der Waals surface area contributed by atoms with E-state index in [0.29, 0.717) is 0 Å². The zero-order chi connectivity index (χ0) is 30.2. The maximum absolute atomic E-state index is 13.7. The Morgan fingerprint density at radius 2 is 1.50 bits per heavy atom. The third-order valence-electron chi connectivity index (χ3n) is 7.19. The number of hydrogen-bond donors (Lipinski definition) is 5. The molecular weight excluding hydrogens is 540 g/mol. The van der Waals surface area contributed by atoms with Crippen molar-refractivity contribution in [2.45, 2.75) is 57.0 Å². The SMILES string of the molecule is C[C@H]1OC(=O)C(Cc2ccccc2)NC(=O)[C@H](C)[C@H](O)[C@H](Cc2ccccc2)NC(=O)[C@H]1NC(=O)c1ncccc1O. The molecule has 220 valence electrons. The maximum atomic E-state index is 13.7. The first-order valence-electron chi connectivity index (χ1n) is 13.7. The topological polar surface area (TPSA) is 167 Å². The van der Waals surface area contributed by atoms with Gasteiger partial charge in [-0.1, -0.05) is 67.6 Å². The van der Waals surface area contributed by atoms with Gasteiger partial charge in [0.05, 0.1) is 18.1 Å². The van der Waals surface area contributed by atoms with Gasteiger partial charge in [-0.2, -0.15) is 0 Å². The summed E-state index contributed by atoms with van der Waals surface area (Å²) in [7, 11) is 0. The third-order valence-corrected chi connectivity index (χ3v) is 7.19. The van der Waals surface area contributed by atoms with E-state index in [1.165, 1.54) is 32.2 Å². The molecule has 2 heterocycles. The second kappa shape index (κ2) is 13.7. The third kappa shape index (κ3) is 7.49. The zero-order valence-corrected chi connectivity index (χ0v) is 23.3. The number of aromatic nitrogens is 1. The molecule has 11 nitrogen and oxygen atoms in total. The monoisotopic (exact) mass is 574 g/mol. The molecule has 1 unspecified atom stereocenters. The number of benzene rings is 2. The number of hydrogen-bond acceptors (Lipinski definition) is 8. The van der Waals surface area contributed by atoms with Gasteiger partial charge in [0, 0.05) is 12.6 Å². The largest absolute Gasteiger partial charge is 0.505 e. The van der Waals surface area contributed by atoms with Gasteiger partial charge in [-0.3, -0.25) is 14.4 Å². The van der Waals surface area contributed by atoms with Crippen molar-refractivity contribution in [2.24, 2.45) is 5.92 Å². The van der Waals surface area contributed by atoms with Crippen molar-refractivity contribution in [3.8, 4) is 5.75 Å². The van der Waals surface area contributed by atoms with Crippen molar-refractivity contribution in [3.63, 3.8) is 0 Å². The number of pyridine rings is 1. The molecule has 0 saturated carbocycles. The van der Waals surface area contributed by atoms with E-state index in [9.17, 15) is 29.4 Å². The Labute approximate surface area is 243 Å². The maximum Gasteiger partial charge on any atom is 0.329 e. The molecule has 1 aliphatic rings. The second-order valence-electron chi connectivity index (χ2n) is 10.3. The van der Waals surface area contributed by atoms with Crippen molar-refractivity contribution in [1.29, 1.82) is 0 Å². The predicted octanol–water partition coefficient (Wildman–Crippen LogP) is 1.28. The van der Waals surface area contributed by atoms with Crippen molar-refractivity contribution in [2.75, 3.05) is 0 Å². The van der Waals surface area contributed by atoms with Crippen LogP contribution in [-0.2, 0) is 32.0 Å². The number of aliphatic hydroxyl groups is 1. The van der Waals surface area contributed by atoms with Gasteiger partial charge >= 0.3 is 5.97 Å². The molecule has 1 aliphatic heterocycles. The molecule has 0 spiro atoms. The van der Waals surface area contributed by atoms with Crippen molar-refractivity contribution in [3.05, 3.63) is 95.8 Å². The number of nitrogens with one attached hydrogen (secondary N) is 3. The van der Waals surface area contributed by atoms with Crippen LogP contribution in [0.3, 0.4) is 0 Å². The number of ether oxygens (including phenoxy) is 1. The highest BCUT2D eigenvalue weighted by Crippen LogP contribution is 2.18. The van der Waals surface area contributed by atoms with Crippen LogP contribution in [0, 0.1) is 5.92 Å². The van der Waals surface area contributed by atoms with Gasteiger partial charge in [0.2, 0.25) is 11.8 Å². The van der Waals surface area contributed by atoms with Gasteiger partial charge in [-0.25, -0.2) is 9.78 Å². The number of carbonyl (C=O) groups excluding carboxylic acids is 4. The van der Waals surface area contributed by atoms with E-state index in [0.717, 1.165) is 11.1 Å². The summed E-state index contributed by atoms with van der Waals surface area (Å²) >= 11 is 0. The van der Waals surface area contributed by atoms with E-state index in [4.69, 9.17) is 4.74 Å². The first-order chi connectivity index (χ1) is 20.1. The van der Waals surface area contributed by atoms with Gasteiger partial charge in [0.25, 0.3) is 5.91 Å². The number of carbonyl (C=O) groups is 4. The fourth-order valence-corrected chi connectivity index (χ4v) is 4.76. The fraction of sp³-hybridized carbons (Fsp3) is 0.323. The molecule has 4 rings (SSSR count). The number of nitrogens with zero attached hydrogens (tertiary/aromatic N) is 1. The molecule has 1 saturated heterocycles. The molecule has 3 amide bonds. The summed E-state index contributed by atoms with van der Waals surface area (Å²) in [5.74, 6) is -4.46. The van der Waals surface area contributed by atoms with E-state index in [-0.39, 0.29) is 18.5 Å². The number of cyclic esters (lactones) is 1. The molecule has 2 aromatic carbocycles. The van der Waals surface area contributed by atoms with Crippen LogP contribution in [-0.4, -0.2) is 69.2 Å². The van der Waals surface area contributed by atoms with Crippen LogP contribution in [0.1, 0.15) is 35.5 Å². The normalized spacial score (nSPS) is 25.2. The number of esters is 1. The summed E-state index contributed by atoms with van der Waals surface area (Å²) in [6.45, 7) is 2.94. The molecule has 6 atom stereocenters. The van der Waals surface area contributed by atoms with Crippen molar-refractivity contribution >= 4 is 23.7 Å². The smallest absolute Gasteiger partial charge is 0.329 e. The van der Waals surface area contributed by atoms with E-state index in [2.05, 4.69) is 20.9 Å². The number of aromatic hydroxyl groups is 1. The van der Waals surface area contributed by atoms with Gasteiger partial charge in [-0.05, 0) is 36.6 Å². The number of aliphatic hydroxyl groups excluding tert-OH is 1. The number of rotatable bonds is 6. The summed E-state index contributed by atoms with van der Waals surface area (Å²) in [5.41, 5.74) is 1.23. The minimum atomic E-state index is -1.43. The Hall–Kier alpha value is -4.77. The average Bonchev–Trinajstić information content (AvgIpc) is 2.99. The molecule has 5 N–H and O–H groups in total. The van der Waals surface area contributed by atoms with Gasteiger partial charge in [0.1, 0.15) is 23.9 Å². The van der Waals surface area contributed by atoms with Gasteiger partial charge in [-0.15, -0.1) is 0 Å². The second-order valence-corrected chi connectivity index (χ2v) is 10.3. The van der Waals surface area contributed by atoms with Crippen LogP contribution in [0.2, 0.25) is 0 Å². The molecule has 42 heavy (non-hydrogen) atoms. The zero-order valence-electron chi connectivity index (χ0n) is 23.3. The standard InChI is InChI=1S/C31H34N4O7/c1-18-27(37)22(16-20-10-5-3-6-11-20)33-29(39)25(35-30(40)26-24(36)14-9-15-32-26)19(2)42-31(41)23(34-28(18)38)17-21-12-7-4-8-13-21/h3-15,18-19,22-23,25,27,36-37H,16-17H2,1-2H3,(H,33,39)(H,34,38)(H,35,40)/t18-,19-,22+,23?,25+,27+/m1/s1. The first kappa shape index (κ1) is 30.2. The van der Waals surface area contributed by atoms with Crippen molar-refractivity contribution < 1.29 is 34.1 Å². The number of amides is 3. The van der Waals surface area contributed by atoms with Crippen molar-refractivity contribution in [1.82, 2.24) is 20.9 Å². The quantitative estimate of drug-likeness (QED) is 0.275. The Bertz CT molecular complexity index is 1400. The molecule has 1 fully saturated rings. The lowest BCUT2D eigenvalue weighted by molar-refractivity contribution is -0.156. The molecule has 0 aliphatic carbocycles. The highest BCUT2D eigenvalue weighted by Gasteiger charge is 2.39. The lowest BCUT2D eigenvalue weighted by Gasteiger charge is -2.33. The van der Waals surface area contributed by atoms with Crippen LogP contribution in [0.15, 0.2) is 79.0 Å². The Kier molecular flexibility index (Phi) is 9.87. The molecule has 0 bridgehead atoms. The molecule has 11 heteroatoms. The summed E-state index contributed by atoms with van der Waals surface area (Å²) in [6, 6.07) is 17.3. The van der Waals surface area contributed by atoms with E-state index >= 15 is 0 Å². The van der Waals surface area contributed by atoms with Crippen LogP contribution in [0.25, 0.3) is 0 Å². The summed E-state index contributed by atoms with van der Waals surface area (Å²) in [4.78, 5) is 57.3. The van der Waals surface area contributed by atoms with E-state index < -0.39 is 65.7 Å². The van der Waals surface area contributed by atoms with Crippen LogP contribution >= 0.6 is 0 Å². The fourth-order valence-electron chi connectivity index (χ4n) is 4.76. The predicted molar refractivity (Wildman–Crippen MR) is 152 cm³/mol. The highest BCUT2D eigenvalue weighted by atomic mass is 16.5. The van der Waals surface area contributed by atoms with Crippen LogP contribution in [0.4, 0.5) is 0 Å².